The van der Waals surface area contributed by atoms with E-state index in [0.717, 1.165) is 0 Å². The van der Waals surface area contributed by atoms with E-state index in [0.29, 0.717) is 0 Å². The first-order valence-electron chi connectivity index (χ1n) is 15.1. The van der Waals surface area contributed by atoms with Gasteiger partial charge in [-0.1, -0.05) is 72.8 Å². The number of carbonyl (C=O) groups is 4. The molecule has 1 fully saturated rings. The fourth-order valence-corrected chi connectivity index (χ4v) is 6.05. The number of benzene rings is 4. The molecule has 0 amide bonds. The molecule has 1 aliphatic carbocycles. The number of esters is 4. The van der Waals surface area contributed by atoms with Gasteiger partial charge in [0.25, 0.3) is 10.1 Å². The number of alkyl halides is 1. The number of carbonyl (C=O) groups excluding carboxylic acids is 4. The SMILES string of the molecule is O=C(OCC1CC(OS(=O)(=O)CCl)C(OC(=O)c2ccccc2)C(OC(=O)c2ccccc2)C1OC(=O)c1ccccc1)c1ccccc1. The van der Waals surface area contributed by atoms with E-state index < -0.39 is 76.1 Å². The first-order valence-corrected chi connectivity index (χ1v) is 17.2. The van der Waals surface area contributed by atoms with Crippen LogP contribution in [0.2, 0.25) is 0 Å². The minimum Gasteiger partial charge on any atom is -0.462 e. The second kappa shape index (κ2) is 16.4. The zero-order valence-electron chi connectivity index (χ0n) is 25.8. The summed E-state index contributed by atoms with van der Waals surface area (Å²) in [5.74, 6) is -4.36. The predicted molar refractivity (Wildman–Crippen MR) is 176 cm³/mol. The summed E-state index contributed by atoms with van der Waals surface area (Å²) in [5, 5.41) is -0.947. The molecule has 0 spiro atoms. The molecule has 49 heavy (non-hydrogen) atoms. The molecule has 5 atom stereocenters. The zero-order valence-corrected chi connectivity index (χ0v) is 27.4. The van der Waals surface area contributed by atoms with Gasteiger partial charge in [0.05, 0.1) is 28.9 Å². The molecule has 1 aliphatic rings. The van der Waals surface area contributed by atoms with Crippen LogP contribution >= 0.6 is 11.6 Å². The Morgan fingerprint density at radius 2 is 0.918 bits per heavy atom. The van der Waals surface area contributed by atoms with Gasteiger partial charge in [-0.25, -0.2) is 19.2 Å². The van der Waals surface area contributed by atoms with Gasteiger partial charge in [-0.05, 0) is 55.0 Å². The molecule has 11 nitrogen and oxygen atoms in total. The van der Waals surface area contributed by atoms with Gasteiger partial charge in [-0.15, -0.1) is 11.6 Å². The van der Waals surface area contributed by atoms with Gasteiger partial charge in [-0.3, -0.25) is 4.18 Å². The third-order valence-corrected chi connectivity index (χ3v) is 9.22. The summed E-state index contributed by atoms with van der Waals surface area (Å²) in [4.78, 5) is 53.5. The zero-order chi connectivity index (χ0) is 34.8. The number of halogens is 1. The van der Waals surface area contributed by atoms with Crippen molar-refractivity contribution in [3.63, 3.8) is 0 Å². The van der Waals surface area contributed by atoms with Crippen LogP contribution in [0.15, 0.2) is 121 Å². The molecule has 0 N–H and O–H groups in total. The lowest BCUT2D eigenvalue weighted by molar-refractivity contribution is -0.163. The van der Waals surface area contributed by atoms with E-state index in [9.17, 15) is 27.6 Å². The van der Waals surface area contributed by atoms with E-state index >= 15 is 0 Å². The number of hydrogen-bond acceptors (Lipinski definition) is 11. The first kappa shape index (κ1) is 35.3. The molecule has 5 unspecified atom stereocenters. The highest BCUT2D eigenvalue weighted by Crippen LogP contribution is 2.36. The summed E-state index contributed by atoms with van der Waals surface area (Å²) in [6.45, 7) is -0.431. The molecule has 0 aromatic heterocycles. The summed E-state index contributed by atoms with van der Waals surface area (Å²) in [7, 11) is -4.42. The van der Waals surface area contributed by atoms with Crippen LogP contribution in [0.3, 0.4) is 0 Å². The van der Waals surface area contributed by atoms with E-state index in [1.165, 1.54) is 36.4 Å². The third-order valence-electron chi connectivity index (χ3n) is 7.61. The van der Waals surface area contributed by atoms with Gasteiger partial charge in [0.1, 0.15) is 17.4 Å². The normalized spacial score (nSPS) is 20.4. The molecule has 4 aromatic carbocycles. The molecular formula is C36H31ClO11S. The van der Waals surface area contributed by atoms with Gasteiger partial charge >= 0.3 is 23.9 Å². The topological polar surface area (TPSA) is 149 Å². The fourth-order valence-electron chi connectivity index (χ4n) is 5.28. The van der Waals surface area contributed by atoms with E-state index in [4.69, 9.17) is 34.7 Å². The third kappa shape index (κ3) is 9.32. The Hall–Kier alpha value is -5.04. The Labute approximate surface area is 287 Å². The standard InChI is InChI=1S/C36H31ClO11S/c37-23-49(42,43)48-29-21-28(22-44-33(38)24-13-5-1-6-14-24)30(45-34(39)25-15-7-2-8-16-25)32(47-36(41)27-19-11-4-12-20-27)31(29)46-35(40)26-17-9-3-10-18-26/h1-20,28-32H,21-23H2. The van der Waals surface area contributed by atoms with Crippen LogP contribution < -0.4 is 0 Å². The van der Waals surface area contributed by atoms with Gasteiger partial charge < -0.3 is 18.9 Å². The van der Waals surface area contributed by atoms with Crippen molar-refractivity contribution in [3.8, 4) is 0 Å². The quantitative estimate of drug-likeness (QED) is 0.0801. The Balaban J connectivity index is 1.57. The smallest absolute Gasteiger partial charge is 0.338 e. The molecule has 13 heteroatoms. The molecule has 1 saturated carbocycles. The molecule has 0 saturated heterocycles. The van der Waals surface area contributed by atoms with Crippen molar-refractivity contribution >= 4 is 45.6 Å². The summed E-state index contributed by atoms with van der Waals surface area (Å²) < 4.78 is 54.3. The minimum absolute atomic E-state index is 0.103. The average Bonchev–Trinajstić information content (AvgIpc) is 3.14. The van der Waals surface area contributed by atoms with Crippen molar-refractivity contribution in [2.75, 3.05) is 11.8 Å². The van der Waals surface area contributed by atoms with Crippen molar-refractivity contribution in [2.24, 2.45) is 5.92 Å². The van der Waals surface area contributed by atoms with Crippen LogP contribution in [0.4, 0.5) is 0 Å². The van der Waals surface area contributed by atoms with Crippen LogP contribution in [0.1, 0.15) is 47.9 Å². The van der Waals surface area contributed by atoms with Gasteiger partial charge in [0.2, 0.25) is 0 Å². The highest BCUT2D eigenvalue weighted by atomic mass is 35.5. The van der Waals surface area contributed by atoms with Crippen LogP contribution in [0, 0.1) is 5.92 Å². The molecule has 4 aromatic rings. The van der Waals surface area contributed by atoms with Gasteiger partial charge in [0, 0.05) is 5.92 Å². The first-order chi connectivity index (χ1) is 23.6. The number of hydrogen-bond donors (Lipinski definition) is 0. The summed E-state index contributed by atoms with van der Waals surface area (Å²) in [6, 6.07) is 31.7. The van der Waals surface area contributed by atoms with Crippen molar-refractivity contribution < 1.29 is 50.7 Å². The van der Waals surface area contributed by atoms with Crippen LogP contribution in [-0.2, 0) is 33.2 Å². The fraction of sp³-hybridized carbons (Fsp3) is 0.222. The Morgan fingerprint density at radius 1 is 0.551 bits per heavy atom. The Bertz CT molecular complexity index is 1840. The maximum atomic E-state index is 13.6. The van der Waals surface area contributed by atoms with Gasteiger partial charge in [0.15, 0.2) is 12.2 Å². The second-order valence-corrected chi connectivity index (χ2v) is 13.2. The Morgan fingerprint density at radius 3 is 1.33 bits per heavy atom. The van der Waals surface area contributed by atoms with E-state index in [1.807, 2.05) is 0 Å². The predicted octanol–water partition coefficient (Wildman–Crippen LogP) is 5.45. The maximum absolute atomic E-state index is 13.6. The van der Waals surface area contributed by atoms with E-state index in [-0.39, 0.29) is 28.7 Å². The maximum Gasteiger partial charge on any atom is 0.338 e. The van der Waals surface area contributed by atoms with Crippen LogP contribution in [-0.4, -0.2) is 68.5 Å². The van der Waals surface area contributed by atoms with E-state index in [2.05, 4.69) is 0 Å². The average molecular weight is 707 g/mol. The molecular weight excluding hydrogens is 676 g/mol. The summed E-state index contributed by atoms with van der Waals surface area (Å²) >= 11 is 5.69. The number of ether oxygens (including phenoxy) is 4. The minimum atomic E-state index is -4.42. The summed E-state index contributed by atoms with van der Waals surface area (Å²) in [5.41, 5.74) is 0.588. The highest BCUT2D eigenvalue weighted by Gasteiger charge is 2.53. The lowest BCUT2D eigenvalue weighted by atomic mass is 9.80. The summed E-state index contributed by atoms with van der Waals surface area (Å²) in [6.07, 6.45) is -6.55. The molecule has 0 bridgehead atoms. The molecule has 254 valence electrons. The molecule has 0 radical (unpaired) electrons. The van der Waals surface area contributed by atoms with Crippen molar-refractivity contribution in [3.05, 3.63) is 144 Å². The molecule has 0 heterocycles. The molecule has 0 aliphatic heterocycles. The molecule has 5 rings (SSSR count). The monoisotopic (exact) mass is 706 g/mol. The second-order valence-electron chi connectivity index (χ2n) is 11.0. The van der Waals surface area contributed by atoms with Crippen molar-refractivity contribution in [1.82, 2.24) is 0 Å². The van der Waals surface area contributed by atoms with Gasteiger partial charge in [-0.2, -0.15) is 8.42 Å². The lowest BCUT2D eigenvalue weighted by Crippen LogP contribution is -2.60. The van der Waals surface area contributed by atoms with Crippen LogP contribution in [0.25, 0.3) is 0 Å². The van der Waals surface area contributed by atoms with Crippen molar-refractivity contribution in [1.29, 1.82) is 0 Å². The lowest BCUT2D eigenvalue weighted by Gasteiger charge is -2.44. The Kier molecular flexibility index (Phi) is 11.8. The number of rotatable bonds is 12. The largest absolute Gasteiger partial charge is 0.462 e. The van der Waals surface area contributed by atoms with Crippen molar-refractivity contribution in [2.45, 2.75) is 30.8 Å². The van der Waals surface area contributed by atoms with Crippen LogP contribution in [0.5, 0.6) is 0 Å². The van der Waals surface area contributed by atoms with E-state index in [1.54, 1.807) is 84.9 Å². The highest BCUT2D eigenvalue weighted by molar-refractivity contribution is 7.87.